The number of carbonyl (C=O) groups excluding carboxylic acids is 1. The number of likely N-dealkylation sites (tertiary alicyclic amines) is 1. The lowest BCUT2D eigenvalue weighted by Crippen LogP contribution is -2.43. The molecule has 6 heterocycles. The number of aryl methyl sites for hydroxylation is 2. The third kappa shape index (κ3) is 6.45. The second-order valence-corrected chi connectivity index (χ2v) is 14.4. The first kappa shape index (κ1) is 34.9. The molecular formula is C40H41F3N8O2. The Kier molecular flexibility index (Phi) is 9.21. The number of rotatable bonds is 9. The maximum absolute atomic E-state index is 17.0. The summed E-state index contributed by atoms with van der Waals surface area (Å²) in [5.41, 5.74) is 1.19. The maximum Gasteiger partial charge on any atom is 0.319 e. The monoisotopic (exact) mass is 722 g/mol. The minimum absolute atomic E-state index is 0.0119. The first-order valence-corrected chi connectivity index (χ1v) is 18.2. The van der Waals surface area contributed by atoms with E-state index >= 15 is 8.78 Å². The molecule has 5 aromatic rings. The molecule has 3 saturated heterocycles. The molecule has 53 heavy (non-hydrogen) atoms. The molecule has 0 saturated carbocycles. The molecule has 8 rings (SSSR count). The van der Waals surface area contributed by atoms with Crippen molar-refractivity contribution in [3.8, 4) is 17.3 Å². The fourth-order valence-electron chi connectivity index (χ4n) is 8.42. The molecule has 3 atom stereocenters. The number of anilines is 1. The van der Waals surface area contributed by atoms with Gasteiger partial charge < -0.3 is 14.5 Å². The van der Waals surface area contributed by atoms with E-state index in [0.29, 0.717) is 78.1 Å². The highest BCUT2D eigenvalue weighted by Gasteiger charge is 2.49. The molecule has 0 unspecified atom stereocenters. The topological polar surface area (TPSA) is 100 Å². The predicted octanol–water partition coefficient (Wildman–Crippen LogP) is 6.49. The number of halogens is 3. The average Bonchev–Trinajstić information content (AvgIpc) is 3.88. The minimum atomic E-state index is -0.935. The SMILES string of the molecule is CCc1c(F)ccc2cccc(-c3ncc4c(N(C)[C@@H]5CCN(C(=O)C=Cc6ccnc(C)n6)C5)nc(OC[C@@]56CCCN5C[C@H](F)C6)nc4c3F)c12. The molecular weight excluding hydrogens is 681 g/mol. The van der Waals surface area contributed by atoms with Gasteiger partial charge in [0.15, 0.2) is 5.82 Å². The van der Waals surface area contributed by atoms with Gasteiger partial charge in [-0.25, -0.2) is 23.1 Å². The molecule has 0 N–H and O–H groups in total. The van der Waals surface area contributed by atoms with Gasteiger partial charge in [0, 0.05) is 63.2 Å². The van der Waals surface area contributed by atoms with Crippen molar-refractivity contribution >= 4 is 39.5 Å². The number of alkyl halides is 1. The Balaban J connectivity index is 1.16. The number of carbonyl (C=O) groups is 1. The Morgan fingerprint density at radius 1 is 1.09 bits per heavy atom. The highest BCUT2D eigenvalue weighted by atomic mass is 19.1. The third-order valence-electron chi connectivity index (χ3n) is 11.1. The number of pyridine rings is 1. The van der Waals surface area contributed by atoms with Crippen LogP contribution in [0.15, 0.2) is 54.9 Å². The second-order valence-electron chi connectivity index (χ2n) is 14.4. The van der Waals surface area contributed by atoms with Gasteiger partial charge in [0.05, 0.1) is 16.6 Å². The Morgan fingerprint density at radius 2 is 1.96 bits per heavy atom. The lowest BCUT2D eigenvalue weighted by molar-refractivity contribution is -0.124. The van der Waals surface area contributed by atoms with E-state index in [1.807, 2.05) is 24.9 Å². The molecule has 10 nitrogen and oxygen atoms in total. The average molecular weight is 723 g/mol. The third-order valence-corrected chi connectivity index (χ3v) is 11.1. The fourth-order valence-corrected chi connectivity index (χ4v) is 8.42. The van der Waals surface area contributed by atoms with Gasteiger partial charge in [-0.1, -0.05) is 31.2 Å². The predicted molar refractivity (Wildman–Crippen MR) is 197 cm³/mol. The van der Waals surface area contributed by atoms with Crippen LogP contribution >= 0.6 is 0 Å². The van der Waals surface area contributed by atoms with Gasteiger partial charge in [-0.05, 0) is 73.7 Å². The molecule has 0 aliphatic carbocycles. The molecule has 3 aliphatic heterocycles. The second kappa shape index (κ2) is 14.0. The first-order valence-electron chi connectivity index (χ1n) is 18.2. The number of fused-ring (bicyclic) bond motifs is 3. The molecule has 3 aliphatic rings. The number of benzene rings is 2. The van der Waals surface area contributed by atoms with Crippen LogP contribution in [0.3, 0.4) is 0 Å². The van der Waals surface area contributed by atoms with Crippen LogP contribution in [-0.2, 0) is 11.2 Å². The Bertz CT molecular complexity index is 2250. The molecule has 274 valence electrons. The van der Waals surface area contributed by atoms with Gasteiger partial charge in [0.25, 0.3) is 0 Å². The van der Waals surface area contributed by atoms with Crippen LogP contribution < -0.4 is 9.64 Å². The largest absolute Gasteiger partial charge is 0.461 e. The lowest BCUT2D eigenvalue weighted by atomic mass is 9.95. The van der Waals surface area contributed by atoms with Gasteiger partial charge in [0.2, 0.25) is 5.91 Å². The van der Waals surface area contributed by atoms with Crippen molar-refractivity contribution in [2.45, 2.75) is 63.7 Å². The summed E-state index contributed by atoms with van der Waals surface area (Å²) in [7, 11) is 1.86. The molecule has 1 amide bonds. The summed E-state index contributed by atoms with van der Waals surface area (Å²) in [6, 6.07) is 10.1. The smallest absolute Gasteiger partial charge is 0.319 e. The van der Waals surface area contributed by atoms with Crippen molar-refractivity contribution in [3.05, 3.63) is 83.6 Å². The first-order chi connectivity index (χ1) is 25.6. The molecule has 3 aromatic heterocycles. The standard InChI is InChI=1S/C40H41F3N8O2/c1-4-29-32(42)11-9-25-7-5-8-30(34(25)29)36-35(43)37-31(20-45-36)38(48-39(47-37)53-23-40-15-6-17-51(40)21-26(41)19-40)49(3)28-14-18-50(22-28)33(52)12-10-27-13-16-44-24(2)46-27/h5,7-13,16,20,26,28H,4,6,14-15,17-19,21-23H2,1-3H3/t26-,28-,40+/m1/s1. The lowest BCUT2D eigenvalue weighted by Gasteiger charge is -2.31. The fraction of sp³-hybridized carbons (Fsp3) is 0.400. The van der Waals surface area contributed by atoms with E-state index in [1.165, 1.54) is 12.1 Å². The summed E-state index contributed by atoms with van der Waals surface area (Å²) >= 11 is 0. The Morgan fingerprint density at radius 3 is 2.79 bits per heavy atom. The van der Waals surface area contributed by atoms with Crippen molar-refractivity contribution in [2.24, 2.45) is 0 Å². The molecule has 3 fully saturated rings. The van der Waals surface area contributed by atoms with Gasteiger partial charge in [0.1, 0.15) is 41.4 Å². The normalized spacial score (nSPS) is 21.7. The summed E-state index contributed by atoms with van der Waals surface area (Å²) in [6.07, 6.45) is 8.63. The number of nitrogens with zero attached hydrogens (tertiary/aromatic N) is 8. The molecule has 0 radical (unpaired) electrons. The summed E-state index contributed by atoms with van der Waals surface area (Å²) in [6.45, 7) is 5.94. The zero-order chi connectivity index (χ0) is 36.9. The number of amides is 1. The van der Waals surface area contributed by atoms with Crippen LogP contribution in [0, 0.1) is 18.6 Å². The quantitative estimate of drug-likeness (QED) is 0.158. The van der Waals surface area contributed by atoms with Crippen LogP contribution in [0.2, 0.25) is 0 Å². The van der Waals surface area contributed by atoms with Crippen LogP contribution in [0.4, 0.5) is 19.0 Å². The Hall–Kier alpha value is -5.17. The molecule has 13 heteroatoms. The van der Waals surface area contributed by atoms with E-state index in [2.05, 4.69) is 24.8 Å². The van der Waals surface area contributed by atoms with E-state index in [4.69, 9.17) is 9.72 Å². The summed E-state index contributed by atoms with van der Waals surface area (Å²) < 4.78 is 52.9. The van der Waals surface area contributed by atoms with Crippen molar-refractivity contribution in [2.75, 3.05) is 44.7 Å². The highest BCUT2D eigenvalue weighted by Crippen LogP contribution is 2.41. The van der Waals surface area contributed by atoms with Crippen LogP contribution in [-0.4, -0.2) is 98.2 Å². The van der Waals surface area contributed by atoms with E-state index in [9.17, 15) is 9.18 Å². The number of hydrogen-bond donors (Lipinski definition) is 0. The van der Waals surface area contributed by atoms with E-state index in [1.54, 1.807) is 54.6 Å². The maximum atomic E-state index is 17.0. The van der Waals surface area contributed by atoms with Gasteiger partial charge in [-0.2, -0.15) is 9.97 Å². The van der Waals surface area contributed by atoms with Crippen LogP contribution in [0.25, 0.3) is 39.0 Å². The van der Waals surface area contributed by atoms with Gasteiger partial charge in [-0.3, -0.25) is 14.7 Å². The number of ether oxygens (including phenoxy) is 1. The zero-order valence-corrected chi connectivity index (χ0v) is 30.0. The highest BCUT2D eigenvalue weighted by molar-refractivity contribution is 6.01. The summed E-state index contributed by atoms with van der Waals surface area (Å²) in [4.78, 5) is 41.5. The number of hydrogen-bond acceptors (Lipinski definition) is 9. The summed E-state index contributed by atoms with van der Waals surface area (Å²) in [5.74, 6) is -0.160. The minimum Gasteiger partial charge on any atom is -0.461 e. The van der Waals surface area contributed by atoms with Crippen LogP contribution in [0.5, 0.6) is 6.01 Å². The molecule has 0 spiro atoms. The van der Waals surface area contributed by atoms with Gasteiger partial charge >= 0.3 is 6.01 Å². The van der Waals surface area contributed by atoms with E-state index < -0.39 is 17.5 Å². The Labute approximate surface area is 305 Å². The van der Waals surface area contributed by atoms with Crippen molar-refractivity contribution in [1.29, 1.82) is 0 Å². The van der Waals surface area contributed by atoms with Crippen molar-refractivity contribution in [3.63, 3.8) is 0 Å². The number of aromatic nitrogens is 5. The summed E-state index contributed by atoms with van der Waals surface area (Å²) in [5, 5.41) is 1.75. The van der Waals surface area contributed by atoms with Gasteiger partial charge in [-0.15, -0.1) is 0 Å². The number of likely N-dealkylation sites (N-methyl/N-ethyl adjacent to an activating group) is 1. The van der Waals surface area contributed by atoms with Crippen LogP contribution in [0.1, 0.15) is 49.7 Å². The van der Waals surface area contributed by atoms with E-state index in [0.717, 1.165) is 24.8 Å². The van der Waals surface area contributed by atoms with Crippen molar-refractivity contribution < 1.29 is 22.7 Å². The van der Waals surface area contributed by atoms with E-state index in [-0.39, 0.29) is 41.6 Å². The van der Waals surface area contributed by atoms with Crippen molar-refractivity contribution in [1.82, 2.24) is 34.7 Å². The molecule has 2 aromatic carbocycles. The molecule has 0 bridgehead atoms. The zero-order valence-electron chi connectivity index (χ0n) is 30.0.